The SMILES string of the molecule is O=C1OC2(c3ccccc3Oc3cccc(NC4CCCCC4)c32)c2ccccc21. The molecule has 1 atom stereocenters. The Labute approximate surface area is 175 Å². The van der Waals surface area contributed by atoms with E-state index >= 15 is 0 Å². The average molecular weight is 397 g/mol. The van der Waals surface area contributed by atoms with Gasteiger partial charge in [-0.2, -0.15) is 0 Å². The van der Waals surface area contributed by atoms with Crippen LogP contribution in [-0.4, -0.2) is 12.0 Å². The third-order valence-corrected chi connectivity index (χ3v) is 6.60. The lowest BCUT2D eigenvalue weighted by atomic mass is 9.77. The van der Waals surface area contributed by atoms with E-state index in [1.165, 1.54) is 19.3 Å². The molecule has 2 heterocycles. The van der Waals surface area contributed by atoms with Gasteiger partial charge in [-0.05, 0) is 37.1 Å². The molecule has 1 saturated carbocycles. The van der Waals surface area contributed by atoms with Gasteiger partial charge in [0.25, 0.3) is 0 Å². The van der Waals surface area contributed by atoms with Crippen molar-refractivity contribution in [2.24, 2.45) is 0 Å². The van der Waals surface area contributed by atoms with Gasteiger partial charge in [-0.25, -0.2) is 4.79 Å². The number of carbonyl (C=O) groups is 1. The highest BCUT2D eigenvalue weighted by Crippen LogP contribution is 2.58. The summed E-state index contributed by atoms with van der Waals surface area (Å²) in [6.07, 6.45) is 6.11. The van der Waals surface area contributed by atoms with E-state index in [2.05, 4.69) is 11.4 Å². The van der Waals surface area contributed by atoms with Crippen LogP contribution in [0.25, 0.3) is 0 Å². The third-order valence-electron chi connectivity index (χ3n) is 6.60. The van der Waals surface area contributed by atoms with Gasteiger partial charge in [0.05, 0.1) is 11.1 Å². The summed E-state index contributed by atoms with van der Waals surface area (Å²) in [7, 11) is 0. The molecule has 150 valence electrons. The molecule has 1 fully saturated rings. The number of nitrogens with one attached hydrogen (secondary N) is 1. The first-order valence-electron chi connectivity index (χ1n) is 10.8. The van der Waals surface area contributed by atoms with Crippen molar-refractivity contribution in [3.05, 3.63) is 89.0 Å². The first kappa shape index (κ1) is 17.6. The van der Waals surface area contributed by atoms with E-state index in [1.807, 2.05) is 60.7 Å². The second-order valence-corrected chi connectivity index (χ2v) is 8.37. The largest absolute Gasteiger partial charge is 0.456 e. The first-order chi connectivity index (χ1) is 14.8. The minimum atomic E-state index is -1.00. The number of hydrogen-bond acceptors (Lipinski definition) is 4. The minimum Gasteiger partial charge on any atom is -0.456 e. The third kappa shape index (κ3) is 2.43. The molecule has 30 heavy (non-hydrogen) atoms. The Morgan fingerprint density at radius 3 is 2.40 bits per heavy atom. The lowest BCUT2D eigenvalue weighted by Gasteiger charge is -2.38. The summed E-state index contributed by atoms with van der Waals surface area (Å²) < 4.78 is 12.6. The van der Waals surface area contributed by atoms with Gasteiger partial charge in [-0.3, -0.25) is 0 Å². The van der Waals surface area contributed by atoms with Crippen LogP contribution >= 0.6 is 0 Å². The molecule has 4 heteroatoms. The summed E-state index contributed by atoms with van der Waals surface area (Å²) in [4.78, 5) is 13.0. The number of hydrogen-bond donors (Lipinski definition) is 1. The lowest BCUT2D eigenvalue weighted by Crippen LogP contribution is -2.35. The van der Waals surface area contributed by atoms with E-state index < -0.39 is 5.60 Å². The quantitative estimate of drug-likeness (QED) is 0.539. The fourth-order valence-electron chi connectivity index (χ4n) is 5.27. The standard InChI is InChI=1S/C26H23NO3/c28-25-18-11-4-5-12-19(18)26(30-25)20-13-6-7-15-22(20)29-23-16-8-14-21(24(23)26)27-17-9-2-1-3-10-17/h4-8,11-17,27H,1-3,9-10H2. The van der Waals surface area contributed by atoms with E-state index in [0.717, 1.165) is 46.7 Å². The van der Waals surface area contributed by atoms with Gasteiger partial charge in [-0.1, -0.05) is 61.7 Å². The summed E-state index contributed by atoms with van der Waals surface area (Å²) in [5.41, 5.74) is 3.24. The second kappa shape index (κ2) is 6.63. The predicted octanol–water partition coefficient (Wildman–Crippen LogP) is 6.00. The van der Waals surface area contributed by atoms with Crippen molar-refractivity contribution in [2.75, 3.05) is 5.32 Å². The molecule has 0 saturated heterocycles. The van der Waals surface area contributed by atoms with Crippen LogP contribution in [0.15, 0.2) is 66.7 Å². The molecule has 1 N–H and O–H groups in total. The van der Waals surface area contributed by atoms with Crippen LogP contribution in [0.3, 0.4) is 0 Å². The molecule has 4 nitrogen and oxygen atoms in total. The van der Waals surface area contributed by atoms with Gasteiger partial charge in [0, 0.05) is 22.9 Å². The zero-order valence-electron chi connectivity index (χ0n) is 16.7. The fraction of sp³-hybridized carbons (Fsp3) is 0.269. The summed E-state index contributed by atoms with van der Waals surface area (Å²) in [6.45, 7) is 0. The number of benzene rings is 3. The van der Waals surface area contributed by atoms with Crippen molar-refractivity contribution in [3.8, 4) is 11.5 Å². The number of para-hydroxylation sites is 1. The number of rotatable bonds is 2. The smallest absolute Gasteiger partial charge is 0.340 e. The van der Waals surface area contributed by atoms with Crippen molar-refractivity contribution >= 4 is 11.7 Å². The van der Waals surface area contributed by atoms with Crippen LogP contribution in [-0.2, 0) is 10.3 Å². The van der Waals surface area contributed by atoms with Gasteiger partial charge >= 0.3 is 5.97 Å². The van der Waals surface area contributed by atoms with E-state index in [1.54, 1.807) is 0 Å². The van der Waals surface area contributed by atoms with Crippen LogP contribution in [0.4, 0.5) is 5.69 Å². The van der Waals surface area contributed by atoms with Gasteiger partial charge in [0.15, 0.2) is 5.60 Å². The van der Waals surface area contributed by atoms with Crippen LogP contribution in [0, 0.1) is 0 Å². The molecule has 1 unspecified atom stereocenters. The van der Waals surface area contributed by atoms with E-state index in [9.17, 15) is 4.79 Å². The Kier molecular flexibility index (Phi) is 3.88. The molecular weight excluding hydrogens is 374 g/mol. The van der Waals surface area contributed by atoms with Gasteiger partial charge < -0.3 is 14.8 Å². The van der Waals surface area contributed by atoms with Crippen LogP contribution in [0.5, 0.6) is 11.5 Å². The highest BCUT2D eigenvalue weighted by Gasteiger charge is 2.54. The lowest BCUT2D eigenvalue weighted by molar-refractivity contribution is 0.0226. The fourth-order valence-corrected chi connectivity index (χ4v) is 5.27. The van der Waals surface area contributed by atoms with E-state index in [4.69, 9.17) is 9.47 Å². The van der Waals surface area contributed by atoms with Crippen molar-refractivity contribution in [2.45, 2.75) is 43.7 Å². The summed E-state index contributed by atoms with van der Waals surface area (Å²) in [5.74, 6) is 1.17. The number of esters is 1. The summed E-state index contributed by atoms with van der Waals surface area (Å²) in [5, 5.41) is 3.77. The molecule has 0 amide bonds. The number of fused-ring (bicyclic) bond motifs is 6. The van der Waals surface area contributed by atoms with Crippen LogP contribution < -0.4 is 10.1 Å². The van der Waals surface area contributed by atoms with Crippen molar-refractivity contribution < 1.29 is 14.3 Å². The van der Waals surface area contributed by atoms with Gasteiger partial charge in [-0.15, -0.1) is 0 Å². The normalized spacial score (nSPS) is 21.9. The average Bonchev–Trinajstić information content (AvgIpc) is 3.08. The number of carbonyl (C=O) groups excluding carboxylic acids is 1. The van der Waals surface area contributed by atoms with E-state index in [0.29, 0.717) is 11.6 Å². The Hall–Kier alpha value is -3.27. The molecule has 3 aromatic carbocycles. The molecular formula is C26H23NO3. The molecule has 1 aliphatic carbocycles. The van der Waals surface area contributed by atoms with Gasteiger partial charge in [0.1, 0.15) is 11.5 Å². The first-order valence-corrected chi connectivity index (χ1v) is 10.8. The zero-order chi connectivity index (χ0) is 20.1. The monoisotopic (exact) mass is 397 g/mol. The van der Waals surface area contributed by atoms with Gasteiger partial charge in [0.2, 0.25) is 0 Å². The second-order valence-electron chi connectivity index (χ2n) is 8.37. The molecule has 0 bridgehead atoms. The number of anilines is 1. The highest BCUT2D eigenvalue weighted by atomic mass is 16.6. The minimum absolute atomic E-state index is 0.291. The van der Waals surface area contributed by atoms with Crippen molar-refractivity contribution in [1.29, 1.82) is 0 Å². The van der Waals surface area contributed by atoms with Crippen molar-refractivity contribution in [3.63, 3.8) is 0 Å². The molecule has 2 aliphatic heterocycles. The Balaban J connectivity index is 1.60. The molecule has 1 spiro atoms. The highest BCUT2D eigenvalue weighted by molar-refractivity contribution is 5.97. The Morgan fingerprint density at radius 1 is 0.800 bits per heavy atom. The maximum atomic E-state index is 13.0. The zero-order valence-corrected chi connectivity index (χ0v) is 16.7. The van der Waals surface area contributed by atoms with Crippen molar-refractivity contribution in [1.82, 2.24) is 0 Å². The summed E-state index contributed by atoms with van der Waals surface area (Å²) in [6, 6.07) is 22.1. The molecule has 3 aromatic rings. The van der Waals surface area contributed by atoms with E-state index in [-0.39, 0.29) is 5.97 Å². The summed E-state index contributed by atoms with van der Waals surface area (Å²) >= 11 is 0. The maximum Gasteiger partial charge on any atom is 0.340 e. The topological polar surface area (TPSA) is 47.6 Å². The molecule has 3 aliphatic rings. The van der Waals surface area contributed by atoms with Crippen LogP contribution in [0.2, 0.25) is 0 Å². The molecule has 0 aromatic heterocycles. The Morgan fingerprint density at radius 2 is 1.53 bits per heavy atom. The van der Waals surface area contributed by atoms with Crippen LogP contribution in [0.1, 0.15) is 59.2 Å². The number of ether oxygens (including phenoxy) is 2. The predicted molar refractivity (Wildman–Crippen MR) is 115 cm³/mol. The Bertz CT molecular complexity index is 1150. The molecule has 0 radical (unpaired) electrons. The molecule has 6 rings (SSSR count). The maximum absolute atomic E-state index is 13.0.